The molecule has 0 atom stereocenters. The van der Waals surface area contributed by atoms with Crippen LogP contribution in [0.5, 0.6) is 0 Å². The number of likely N-dealkylation sites (N-methyl/N-ethyl adjacent to an activating group) is 1. The van der Waals surface area contributed by atoms with Gasteiger partial charge in [0.25, 0.3) is 5.91 Å². The van der Waals surface area contributed by atoms with Gasteiger partial charge in [-0.1, -0.05) is 0 Å². The van der Waals surface area contributed by atoms with Crippen molar-refractivity contribution in [3.8, 4) is 11.3 Å². The predicted octanol–water partition coefficient (Wildman–Crippen LogP) is 3.29. The van der Waals surface area contributed by atoms with E-state index in [-0.39, 0.29) is 5.91 Å². The van der Waals surface area contributed by atoms with Gasteiger partial charge in [0, 0.05) is 67.5 Å². The molecule has 5 heterocycles. The average molecular weight is 464 g/mol. The Hall–Kier alpha value is -3.99. The van der Waals surface area contributed by atoms with Crippen molar-refractivity contribution >= 4 is 28.3 Å². The fourth-order valence-electron chi connectivity index (χ4n) is 3.80. The van der Waals surface area contributed by atoms with Gasteiger partial charge >= 0.3 is 6.55 Å². The Morgan fingerprint density at radius 1 is 1.00 bits per heavy atom. The molecule has 1 amide bonds. The highest BCUT2D eigenvalue weighted by Gasteiger charge is 2.17. The molecular formula is C23H22F2N8O. The molecule has 0 spiro atoms. The third kappa shape index (κ3) is 4.55. The van der Waals surface area contributed by atoms with Gasteiger partial charge in [-0.2, -0.15) is 13.9 Å². The maximum absolute atomic E-state index is 12.9. The molecule has 5 rings (SSSR count). The van der Waals surface area contributed by atoms with Gasteiger partial charge in [0.15, 0.2) is 0 Å². The Morgan fingerprint density at radius 2 is 1.79 bits per heavy atom. The predicted molar refractivity (Wildman–Crippen MR) is 124 cm³/mol. The Kier molecular flexibility index (Phi) is 5.84. The highest BCUT2D eigenvalue weighted by molar-refractivity contribution is 6.05. The van der Waals surface area contributed by atoms with Gasteiger partial charge in [0.1, 0.15) is 11.6 Å². The first-order valence-corrected chi connectivity index (χ1v) is 10.8. The molecule has 34 heavy (non-hydrogen) atoms. The summed E-state index contributed by atoms with van der Waals surface area (Å²) in [5.74, 6) is 0.847. The van der Waals surface area contributed by atoms with Gasteiger partial charge in [-0.15, -0.1) is 0 Å². The molecule has 4 aromatic heterocycles. The number of hydrogen-bond donors (Lipinski definition) is 1. The number of halogens is 2. The number of amides is 1. The molecule has 1 N–H and O–H groups in total. The summed E-state index contributed by atoms with van der Waals surface area (Å²) in [6.07, 6.45) is 7.42. The second kappa shape index (κ2) is 9.10. The fraction of sp³-hybridized carbons (Fsp3) is 0.261. The number of pyridine rings is 3. The van der Waals surface area contributed by atoms with Crippen LogP contribution in [0.4, 0.5) is 20.4 Å². The van der Waals surface area contributed by atoms with Gasteiger partial charge in [-0.3, -0.25) is 9.78 Å². The SMILES string of the molecule is CN1CCN(c2cc(C(=O)Nc3cc4cc(-c5cnn(C(F)F)c5)ncc4cn3)ccn2)CC1. The van der Waals surface area contributed by atoms with E-state index < -0.39 is 6.55 Å². The van der Waals surface area contributed by atoms with Crippen molar-refractivity contribution in [1.29, 1.82) is 0 Å². The van der Waals surface area contributed by atoms with Crippen LogP contribution in [0.1, 0.15) is 16.9 Å². The molecule has 0 radical (unpaired) electrons. The van der Waals surface area contributed by atoms with Crippen LogP contribution in [0.3, 0.4) is 0 Å². The summed E-state index contributed by atoms with van der Waals surface area (Å²) in [7, 11) is 2.08. The second-order valence-corrected chi connectivity index (χ2v) is 8.12. The van der Waals surface area contributed by atoms with E-state index in [1.807, 2.05) is 0 Å². The van der Waals surface area contributed by atoms with E-state index in [1.54, 1.807) is 42.9 Å². The smallest absolute Gasteiger partial charge is 0.333 e. The summed E-state index contributed by atoms with van der Waals surface area (Å²) in [6.45, 7) is 0.878. The minimum Gasteiger partial charge on any atom is -0.354 e. The summed E-state index contributed by atoms with van der Waals surface area (Å²) in [6, 6.07) is 6.92. The number of carbonyl (C=O) groups is 1. The van der Waals surface area contributed by atoms with E-state index in [4.69, 9.17) is 0 Å². The number of carbonyl (C=O) groups excluding carboxylic acids is 1. The number of nitrogens with zero attached hydrogens (tertiary/aromatic N) is 7. The molecule has 174 valence electrons. The zero-order chi connectivity index (χ0) is 23.7. The largest absolute Gasteiger partial charge is 0.354 e. The molecule has 0 aliphatic carbocycles. The molecule has 1 aliphatic heterocycles. The van der Waals surface area contributed by atoms with Crippen molar-refractivity contribution in [3.05, 3.63) is 60.8 Å². The lowest BCUT2D eigenvalue weighted by Crippen LogP contribution is -2.44. The second-order valence-electron chi connectivity index (χ2n) is 8.12. The Balaban J connectivity index is 1.35. The van der Waals surface area contributed by atoms with Gasteiger partial charge in [-0.25, -0.2) is 14.6 Å². The lowest BCUT2D eigenvalue weighted by molar-refractivity contribution is 0.0566. The molecule has 1 saturated heterocycles. The molecule has 4 aromatic rings. The molecule has 11 heteroatoms. The van der Waals surface area contributed by atoms with Crippen LogP contribution in [-0.2, 0) is 0 Å². The number of nitrogens with one attached hydrogen (secondary N) is 1. The van der Waals surface area contributed by atoms with Gasteiger partial charge in [-0.05, 0) is 36.7 Å². The van der Waals surface area contributed by atoms with Gasteiger partial charge in [0.2, 0.25) is 0 Å². The summed E-state index contributed by atoms with van der Waals surface area (Å²) < 4.78 is 26.2. The number of piperazine rings is 1. The highest BCUT2D eigenvalue weighted by atomic mass is 19.3. The summed E-state index contributed by atoms with van der Waals surface area (Å²) in [5.41, 5.74) is 1.45. The number of alkyl halides is 2. The van der Waals surface area contributed by atoms with Gasteiger partial charge in [0.05, 0.1) is 11.9 Å². The zero-order valence-corrected chi connectivity index (χ0v) is 18.4. The molecular weight excluding hydrogens is 442 g/mol. The molecule has 9 nitrogen and oxygen atoms in total. The van der Waals surface area contributed by atoms with Crippen molar-refractivity contribution in [2.45, 2.75) is 6.55 Å². The highest BCUT2D eigenvalue weighted by Crippen LogP contribution is 2.24. The first kappa shape index (κ1) is 21.8. The average Bonchev–Trinajstić information content (AvgIpc) is 3.35. The van der Waals surface area contributed by atoms with Crippen LogP contribution in [0, 0.1) is 0 Å². The van der Waals surface area contributed by atoms with Crippen LogP contribution in [0.2, 0.25) is 0 Å². The monoisotopic (exact) mass is 464 g/mol. The Labute approximate surface area is 194 Å². The maximum Gasteiger partial charge on any atom is 0.333 e. The van der Waals surface area contributed by atoms with Crippen molar-refractivity contribution in [2.75, 3.05) is 43.4 Å². The zero-order valence-electron chi connectivity index (χ0n) is 18.4. The van der Waals surface area contributed by atoms with Crippen molar-refractivity contribution in [3.63, 3.8) is 0 Å². The van der Waals surface area contributed by atoms with E-state index >= 15 is 0 Å². The van der Waals surface area contributed by atoms with Crippen LogP contribution in [0.15, 0.2) is 55.2 Å². The maximum atomic E-state index is 12.9. The van der Waals surface area contributed by atoms with E-state index in [1.165, 1.54) is 12.4 Å². The number of rotatable bonds is 5. The Morgan fingerprint density at radius 3 is 2.56 bits per heavy atom. The topological polar surface area (TPSA) is 92.1 Å². The van der Waals surface area contributed by atoms with E-state index in [2.05, 4.69) is 42.2 Å². The molecule has 0 bridgehead atoms. The lowest BCUT2D eigenvalue weighted by Gasteiger charge is -2.33. The lowest BCUT2D eigenvalue weighted by atomic mass is 10.1. The van der Waals surface area contributed by atoms with E-state index in [0.717, 1.165) is 42.8 Å². The molecule has 1 fully saturated rings. The fourth-order valence-corrected chi connectivity index (χ4v) is 3.80. The molecule has 0 saturated carbocycles. The first-order chi connectivity index (χ1) is 16.5. The minimum atomic E-state index is -2.72. The van der Waals surface area contributed by atoms with Crippen molar-refractivity contribution < 1.29 is 13.6 Å². The Bertz CT molecular complexity index is 1330. The third-order valence-electron chi connectivity index (χ3n) is 5.78. The standard InChI is InChI=1S/C23H22F2N8O/c1-31-4-6-32(7-5-31)21-10-15(2-3-26-21)22(34)30-20-9-16-8-19(27-11-17(16)12-28-20)18-13-29-33(14-18)23(24)25/h2-3,8-14,23H,4-7H2,1H3,(H,28,30,34). The van der Waals surface area contributed by atoms with Crippen LogP contribution < -0.4 is 10.2 Å². The molecule has 0 unspecified atom stereocenters. The van der Waals surface area contributed by atoms with Crippen LogP contribution >= 0.6 is 0 Å². The minimum absolute atomic E-state index is 0.294. The number of anilines is 2. The first-order valence-electron chi connectivity index (χ1n) is 10.8. The summed E-state index contributed by atoms with van der Waals surface area (Å²) >= 11 is 0. The van der Waals surface area contributed by atoms with Crippen LogP contribution in [-0.4, -0.2) is 68.8 Å². The van der Waals surface area contributed by atoms with Gasteiger partial charge < -0.3 is 15.1 Å². The van der Waals surface area contributed by atoms with E-state index in [9.17, 15) is 13.6 Å². The summed E-state index contributed by atoms with van der Waals surface area (Å²) in [5, 5.41) is 7.99. The number of fused-ring (bicyclic) bond motifs is 1. The molecule has 1 aliphatic rings. The third-order valence-corrected chi connectivity index (χ3v) is 5.78. The number of hydrogen-bond acceptors (Lipinski definition) is 7. The van der Waals surface area contributed by atoms with Crippen LogP contribution in [0.25, 0.3) is 22.0 Å². The summed E-state index contributed by atoms with van der Waals surface area (Å²) in [4.78, 5) is 30.3. The van der Waals surface area contributed by atoms with Crippen molar-refractivity contribution in [2.24, 2.45) is 0 Å². The number of aromatic nitrogens is 5. The quantitative estimate of drug-likeness (QED) is 0.485. The molecule has 0 aromatic carbocycles. The van der Waals surface area contributed by atoms with Crippen molar-refractivity contribution in [1.82, 2.24) is 29.6 Å². The normalized spacial score (nSPS) is 14.6. The van der Waals surface area contributed by atoms with E-state index in [0.29, 0.717) is 27.3 Å².